The number of nitriles is 1. The van der Waals surface area contributed by atoms with Crippen LogP contribution in [0, 0.1) is 17.1 Å². The molecular weight excluding hydrogens is 274 g/mol. The quantitative estimate of drug-likeness (QED) is 0.754. The molecule has 3 nitrogen and oxygen atoms in total. The smallest absolute Gasteiger partial charge is 0.383 e. The molecule has 2 N–H and O–H groups in total. The Balaban J connectivity index is 0.000000240. The Kier molecular flexibility index (Phi) is 5.03. The molecule has 1 heterocycles. The molecular formula is C13H9F4N3. The second kappa shape index (κ2) is 6.52. The molecule has 20 heavy (non-hydrogen) atoms. The lowest BCUT2D eigenvalue weighted by Crippen LogP contribution is -2.09. The predicted octanol–water partition coefficient (Wildman–Crippen LogP) is 3.38. The standard InChI is InChI=1S/C7H4F3N3.C6H5F/c8-7(9,10)5-2-1-4(3-11)6(12)13-5;7-6-4-2-1-3-5-6/h1-2H,(H2,12,13);1-5H. The summed E-state index contributed by atoms with van der Waals surface area (Å²) in [4.78, 5) is 3.05. The van der Waals surface area contributed by atoms with E-state index >= 15 is 0 Å². The molecule has 0 amide bonds. The van der Waals surface area contributed by atoms with Crippen molar-refractivity contribution < 1.29 is 17.6 Å². The zero-order valence-corrected chi connectivity index (χ0v) is 10.0. The number of benzene rings is 1. The van der Waals surface area contributed by atoms with Crippen molar-refractivity contribution in [2.45, 2.75) is 6.18 Å². The summed E-state index contributed by atoms with van der Waals surface area (Å²) >= 11 is 0. The van der Waals surface area contributed by atoms with Crippen molar-refractivity contribution in [1.29, 1.82) is 5.26 Å². The second-order valence-electron chi connectivity index (χ2n) is 3.53. The van der Waals surface area contributed by atoms with E-state index in [4.69, 9.17) is 11.0 Å². The fourth-order valence-electron chi connectivity index (χ4n) is 1.14. The normalized spacial score (nSPS) is 10.2. The molecule has 104 valence electrons. The maximum atomic E-state index is 12.0. The number of alkyl halides is 3. The van der Waals surface area contributed by atoms with Crippen molar-refractivity contribution in [2.24, 2.45) is 0 Å². The molecule has 0 saturated heterocycles. The van der Waals surface area contributed by atoms with Gasteiger partial charge in [-0.15, -0.1) is 0 Å². The molecule has 0 atom stereocenters. The van der Waals surface area contributed by atoms with Gasteiger partial charge in [0.1, 0.15) is 23.4 Å². The number of hydrogen-bond acceptors (Lipinski definition) is 3. The first-order valence-corrected chi connectivity index (χ1v) is 5.29. The SMILES string of the molecule is Fc1ccccc1.N#Cc1ccc(C(F)(F)F)nc1N. The Morgan fingerprint density at radius 2 is 1.65 bits per heavy atom. The largest absolute Gasteiger partial charge is 0.433 e. The number of anilines is 1. The van der Waals surface area contributed by atoms with E-state index in [2.05, 4.69) is 4.98 Å². The topological polar surface area (TPSA) is 62.7 Å². The van der Waals surface area contributed by atoms with Gasteiger partial charge in [-0.05, 0) is 24.3 Å². The maximum absolute atomic E-state index is 12.0. The zero-order valence-electron chi connectivity index (χ0n) is 10.0. The van der Waals surface area contributed by atoms with Gasteiger partial charge >= 0.3 is 6.18 Å². The summed E-state index contributed by atoms with van der Waals surface area (Å²) in [5.41, 5.74) is 3.94. The number of nitrogens with two attached hydrogens (primary N) is 1. The van der Waals surface area contributed by atoms with E-state index < -0.39 is 17.7 Å². The van der Waals surface area contributed by atoms with Gasteiger partial charge < -0.3 is 5.73 Å². The van der Waals surface area contributed by atoms with Gasteiger partial charge in [0.15, 0.2) is 0 Å². The van der Waals surface area contributed by atoms with Crippen LogP contribution in [0.15, 0.2) is 42.5 Å². The minimum Gasteiger partial charge on any atom is -0.383 e. The Labute approximate surface area is 112 Å². The van der Waals surface area contributed by atoms with Crippen LogP contribution in [-0.2, 0) is 6.18 Å². The summed E-state index contributed by atoms with van der Waals surface area (Å²) in [7, 11) is 0. The molecule has 0 aliphatic heterocycles. The van der Waals surface area contributed by atoms with E-state index in [-0.39, 0.29) is 11.4 Å². The number of pyridine rings is 1. The van der Waals surface area contributed by atoms with E-state index in [1.54, 1.807) is 24.3 Å². The zero-order chi connectivity index (χ0) is 15.2. The van der Waals surface area contributed by atoms with Crippen LogP contribution in [0.1, 0.15) is 11.3 Å². The molecule has 2 rings (SSSR count). The number of nitrogen functional groups attached to an aromatic ring is 1. The fourth-order valence-corrected chi connectivity index (χ4v) is 1.14. The molecule has 2 aromatic rings. The van der Waals surface area contributed by atoms with Crippen molar-refractivity contribution in [1.82, 2.24) is 4.98 Å². The second-order valence-corrected chi connectivity index (χ2v) is 3.53. The van der Waals surface area contributed by atoms with Gasteiger partial charge in [-0.2, -0.15) is 18.4 Å². The monoisotopic (exact) mass is 283 g/mol. The molecule has 0 aliphatic carbocycles. The number of aromatic nitrogens is 1. The van der Waals surface area contributed by atoms with E-state index in [0.29, 0.717) is 0 Å². The molecule has 0 bridgehead atoms. The van der Waals surface area contributed by atoms with E-state index in [0.717, 1.165) is 12.1 Å². The van der Waals surface area contributed by atoms with Crippen molar-refractivity contribution in [3.63, 3.8) is 0 Å². The van der Waals surface area contributed by atoms with E-state index in [1.807, 2.05) is 0 Å². The van der Waals surface area contributed by atoms with Gasteiger partial charge in [0, 0.05) is 0 Å². The van der Waals surface area contributed by atoms with Gasteiger partial charge in [-0.25, -0.2) is 9.37 Å². The van der Waals surface area contributed by atoms with E-state index in [1.165, 1.54) is 12.1 Å². The van der Waals surface area contributed by atoms with Crippen molar-refractivity contribution in [3.05, 3.63) is 59.5 Å². The van der Waals surface area contributed by atoms with Crippen LogP contribution in [0.2, 0.25) is 0 Å². The van der Waals surface area contributed by atoms with Crippen LogP contribution < -0.4 is 5.73 Å². The predicted molar refractivity (Wildman–Crippen MR) is 64.8 cm³/mol. The number of halogens is 4. The van der Waals surface area contributed by atoms with Crippen molar-refractivity contribution in [2.75, 3.05) is 5.73 Å². The summed E-state index contributed by atoms with van der Waals surface area (Å²) in [6.07, 6.45) is -4.53. The number of hydrogen-bond donors (Lipinski definition) is 1. The molecule has 0 spiro atoms. The van der Waals surface area contributed by atoms with Gasteiger partial charge in [-0.1, -0.05) is 18.2 Å². The molecule has 1 aromatic heterocycles. The minimum atomic E-state index is -4.53. The third kappa shape index (κ3) is 4.57. The lowest BCUT2D eigenvalue weighted by atomic mass is 10.2. The Hall–Kier alpha value is -2.62. The van der Waals surface area contributed by atoms with Crippen LogP contribution in [0.3, 0.4) is 0 Å². The Morgan fingerprint density at radius 1 is 1.05 bits per heavy atom. The first-order chi connectivity index (χ1) is 9.34. The van der Waals surface area contributed by atoms with Gasteiger partial charge in [-0.3, -0.25) is 0 Å². The molecule has 0 unspecified atom stereocenters. The molecule has 0 radical (unpaired) electrons. The highest BCUT2D eigenvalue weighted by atomic mass is 19.4. The number of rotatable bonds is 0. The average Bonchev–Trinajstić information content (AvgIpc) is 2.39. The lowest BCUT2D eigenvalue weighted by molar-refractivity contribution is -0.141. The van der Waals surface area contributed by atoms with Crippen LogP contribution >= 0.6 is 0 Å². The number of nitrogens with zero attached hydrogens (tertiary/aromatic N) is 2. The first-order valence-electron chi connectivity index (χ1n) is 5.29. The van der Waals surface area contributed by atoms with E-state index in [9.17, 15) is 17.6 Å². The Bertz CT molecular complexity index is 603. The van der Waals surface area contributed by atoms with Crippen LogP contribution in [-0.4, -0.2) is 4.98 Å². The summed E-state index contributed by atoms with van der Waals surface area (Å²) in [5, 5.41) is 8.36. The highest BCUT2D eigenvalue weighted by molar-refractivity contribution is 5.48. The van der Waals surface area contributed by atoms with Crippen molar-refractivity contribution >= 4 is 5.82 Å². The van der Waals surface area contributed by atoms with Crippen LogP contribution in [0.5, 0.6) is 0 Å². The Morgan fingerprint density at radius 3 is 2.00 bits per heavy atom. The summed E-state index contributed by atoms with van der Waals surface area (Å²) in [6, 6.07) is 11.3. The minimum absolute atomic E-state index is 0.0620. The molecule has 0 aliphatic rings. The van der Waals surface area contributed by atoms with Crippen LogP contribution in [0.25, 0.3) is 0 Å². The average molecular weight is 283 g/mol. The van der Waals surface area contributed by atoms with Crippen molar-refractivity contribution in [3.8, 4) is 6.07 Å². The maximum Gasteiger partial charge on any atom is 0.433 e. The highest BCUT2D eigenvalue weighted by Gasteiger charge is 2.32. The molecule has 1 aromatic carbocycles. The molecule has 0 saturated carbocycles. The fraction of sp³-hybridized carbons (Fsp3) is 0.0769. The third-order valence-corrected chi connectivity index (χ3v) is 2.07. The van der Waals surface area contributed by atoms with Gasteiger partial charge in [0.25, 0.3) is 0 Å². The van der Waals surface area contributed by atoms with Gasteiger partial charge in [0.05, 0.1) is 5.56 Å². The molecule has 0 fully saturated rings. The summed E-state index contributed by atoms with van der Waals surface area (Å²) < 4.78 is 47.9. The highest BCUT2D eigenvalue weighted by Crippen LogP contribution is 2.28. The van der Waals surface area contributed by atoms with Crippen LogP contribution in [0.4, 0.5) is 23.4 Å². The lowest BCUT2D eigenvalue weighted by Gasteiger charge is -2.05. The molecule has 7 heteroatoms. The summed E-state index contributed by atoms with van der Waals surface area (Å²) in [6.45, 7) is 0. The van der Waals surface area contributed by atoms with Gasteiger partial charge in [0.2, 0.25) is 0 Å². The summed E-state index contributed by atoms with van der Waals surface area (Å²) in [5.74, 6) is -0.583. The first kappa shape index (κ1) is 15.4. The third-order valence-electron chi connectivity index (χ3n) is 2.07.